The summed E-state index contributed by atoms with van der Waals surface area (Å²) in [6, 6.07) is 22.7. The molecule has 3 aliphatic rings. The molecule has 202 valence electrons. The van der Waals surface area contributed by atoms with Gasteiger partial charge in [-0.3, -0.25) is 4.79 Å². The molecule has 1 N–H and O–H groups in total. The van der Waals surface area contributed by atoms with Gasteiger partial charge in [-0.05, 0) is 64.3 Å². The van der Waals surface area contributed by atoms with Gasteiger partial charge < -0.3 is 24.6 Å². The number of morpholine rings is 1. The molecule has 7 nitrogen and oxygen atoms in total. The Kier molecular flexibility index (Phi) is 7.24. The number of benzene rings is 3. The molecule has 0 unspecified atom stereocenters. The lowest BCUT2D eigenvalue weighted by molar-refractivity contribution is -0.122. The topological polar surface area (TPSA) is 71.1 Å². The van der Waals surface area contributed by atoms with Crippen molar-refractivity contribution in [1.29, 1.82) is 0 Å². The molecule has 3 aromatic rings. The molecule has 2 atom stereocenters. The predicted molar refractivity (Wildman–Crippen MR) is 149 cm³/mol. The van der Waals surface area contributed by atoms with Gasteiger partial charge in [0.2, 0.25) is 5.91 Å². The first-order valence-electron chi connectivity index (χ1n) is 13.8. The lowest BCUT2D eigenvalue weighted by Crippen LogP contribution is -2.49. The molecule has 1 saturated heterocycles. The number of rotatable bonds is 6. The largest absolute Gasteiger partial charge is 0.497 e. The Bertz CT molecular complexity index is 1350. The van der Waals surface area contributed by atoms with Crippen molar-refractivity contribution in [2.75, 3.05) is 40.0 Å². The van der Waals surface area contributed by atoms with Gasteiger partial charge in [0.1, 0.15) is 5.75 Å². The monoisotopic (exact) mass is 525 g/mol. The maximum Gasteiger partial charge on any atom is 0.320 e. The van der Waals surface area contributed by atoms with Crippen LogP contribution in [0.5, 0.6) is 5.75 Å². The predicted octanol–water partition coefficient (Wildman–Crippen LogP) is 4.59. The molecular weight excluding hydrogens is 490 g/mol. The molecule has 6 rings (SSSR count). The van der Waals surface area contributed by atoms with Crippen LogP contribution in [0.2, 0.25) is 0 Å². The van der Waals surface area contributed by atoms with E-state index < -0.39 is 0 Å². The van der Waals surface area contributed by atoms with E-state index in [-0.39, 0.29) is 17.9 Å². The standard InChI is InChI=1S/C32H35N3O4/c1-38-25-9-5-8-23(18-25)26-11-10-24(20-33-31(36)29-19-28(29)22-6-3-2-4-7-22)30-21-35(13-12-27(26)30)32(37)34-14-16-39-17-15-34/h2-11,18,28-29H,12-17,19-21H2,1H3,(H,33,36)/t28-,29+/m1/s1. The number of hydrogen-bond acceptors (Lipinski definition) is 4. The van der Waals surface area contributed by atoms with Crippen LogP contribution in [0.1, 0.15) is 34.6 Å². The quantitative estimate of drug-likeness (QED) is 0.511. The molecule has 3 aromatic carbocycles. The van der Waals surface area contributed by atoms with Gasteiger partial charge in [-0.2, -0.15) is 0 Å². The van der Waals surface area contributed by atoms with Crippen LogP contribution in [0.15, 0.2) is 66.7 Å². The SMILES string of the molecule is COc1cccc(-c2ccc(CNC(=O)[C@H]3C[C@@H]3c3ccccc3)c3c2CCN(C(=O)N2CCOCC2)C3)c1. The highest BCUT2D eigenvalue weighted by Crippen LogP contribution is 2.47. The number of carbonyl (C=O) groups is 2. The number of ether oxygens (including phenoxy) is 2. The summed E-state index contributed by atoms with van der Waals surface area (Å²) in [5.41, 5.74) is 6.94. The lowest BCUT2D eigenvalue weighted by Gasteiger charge is -2.37. The van der Waals surface area contributed by atoms with Crippen LogP contribution in [0.4, 0.5) is 4.79 Å². The summed E-state index contributed by atoms with van der Waals surface area (Å²) in [6.45, 7) is 4.06. The molecule has 7 heteroatoms. The van der Waals surface area contributed by atoms with E-state index >= 15 is 0 Å². The van der Waals surface area contributed by atoms with E-state index in [1.165, 1.54) is 11.1 Å². The van der Waals surface area contributed by atoms with Gasteiger partial charge in [-0.1, -0.05) is 54.6 Å². The molecule has 2 heterocycles. The number of nitrogens with one attached hydrogen (secondary N) is 1. The Labute approximate surface area is 229 Å². The summed E-state index contributed by atoms with van der Waals surface area (Å²) in [6.07, 6.45) is 1.66. The maximum atomic E-state index is 13.4. The van der Waals surface area contributed by atoms with E-state index in [0.717, 1.165) is 40.8 Å². The third kappa shape index (κ3) is 5.36. The van der Waals surface area contributed by atoms with E-state index in [1.807, 2.05) is 40.1 Å². The van der Waals surface area contributed by atoms with Gasteiger partial charge in [-0.15, -0.1) is 0 Å². The third-order valence-corrected chi connectivity index (χ3v) is 8.25. The van der Waals surface area contributed by atoms with Crippen LogP contribution in [0.25, 0.3) is 11.1 Å². The molecule has 0 bridgehead atoms. The van der Waals surface area contributed by atoms with Crippen molar-refractivity contribution in [3.05, 3.63) is 89.0 Å². The van der Waals surface area contributed by atoms with Gasteiger partial charge in [0.15, 0.2) is 0 Å². The Balaban J connectivity index is 1.24. The first kappa shape index (κ1) is 25.4. The van der Waals surface area contributed by atoms with Crippen LogP contribution in [0, 0.1) is 5.92 Å². The summed E-state index contributed by atoms with van der Waals surface area (Å²) in [7, 11) is 1.68. The molecule has 1 aliphatic carbocycles. The highest BCUT2D eigenvalue weighted by molar-refractivity contribution is 5.83. The summed E-state index contributed by atoms with van der Waals surface area (Å²) in [5, 5.41) is 3.21. The van der Waals surface area contributed by atoms with Crippen molar-refractivity contribution in [1.82, 2.24) is 15.1 Å². The Morgan fingerprint density at radius 1 is 0.949 bits per heavy atom. The molecule has 2 aliphatic heterocycles. The number of hydrogen-bond donors (Lipinski definition) is 1. The Morgan fingerprint density at radius 2 is 1.77 bits per heavy atom. The minimum Gasteiger partial charge on any atom is -0.497 e. The van der Waals surface area contributed by atoms with Crippen molar-refractivity contribution in [2.24, 2.45) is 5.92 Å². The zero-order chi connectivity index (χ0) is 26.8. The minimum atomic E-state index is 0.0266. The summed E-state index contributed by atoms with van der Waals surface area (Å²) in [4.78, 5) is 30.3. The average Bonchev–Trinajstić information content (AvgIpc) is 3.81. The zero-order valence-corrected chi connectivity index (χ0v) is 22.4. The van der Waals surface area contributed by atoms with Crippen molar-refractivity contribution >= 4 is 11.9 Å². The fourth-order valence-electron chi connectivity index (χ4n) is 5.95. The summed E-state index contributed by atoms with van der Waals surface area (Å²) < 4.78 is 10.9. The molecule has 1 saturated carbocycles. The van der Waals surface area contributed by atoms with Gasteiger partial charge >= 0.3 is 6.03 Å². The first-order chi connectivity index (χ1) is 19.1. The molecular formula is C32H35N3O4. The molecule has 0 radical (unpaired) electrons. The molecule has 0 spiro atoms. The summed E-state index contributed by atoms with van der Waals surface area (Å²) in [5.74, 6) is 1.25. The number of nitrogens with zero attached hydrogens (tertiary/aromatic N) is 2. The second kappa shape index (κ2) is 11.1. The van der Waals surface area contributed by atoms with Gasteiger partial charge in [0.05, 0.1) is 20.3 Å². The van der Waals surface area contributed by atoms with Crippen LogP contribution < -0.4 is 10.1 Å². The second-order valence-electron chi connectivity index (χ2n) is 10.6. The van der Waals surface area contributed by atoms with E-state index in [2.05, 4.69) is 41.7 Å². The smallest absolute Gasteiger partial charge is 0.320 e. The molecule has 2 fully saturated rings. The lowest BCUT2D eigenvalue weighted by atomic mass is 9.87. The minimum absolute atomic E-state index is 0.0266. The molecule has 0 aromatic heterocycles. The van der Waals surface area contributed by atoms with Crippen LogP contribution in [0.3, 0.4) is 0 Å². The van der Waals surface area contributed by atoms with Gasteiger partial charge in [0, 0.05) is 38.6 Å². The third-order valence-electron chi connectivity index (χ3n) is 8.25. The number of urea groups is 1. The highest BCUT2D eigenvalue weighted by atomic mass is 16.5. The van der Waals surface area contributed by atoms with Crippen molar-refractivity contribution in [3.8, 4) is 16.9 Å². The van der Waals surface area contributed by atoms with Crippen molar-refractivity contribution < 1.29 is 19.1 Å². The van der Waals surface area contributed by atoms with Crippen LogP contribution >= 0.6 is 0 Å². The Hall–Kier alpha value is -3.84. The zero-order valence-electron chi connectivity index (χ0n) is 22.4. The average molecular weight is 526 g/mol. The van der Waals surface area contributed by atoms with E-state index in [9.17, 15) is 9.59 Å². The van der Waals surface area contributed by atoms with Crippen LogP contribution in [-0.4, -0.2) is 61.7 Å². The fourth-order valence-corrected chi connectivity index (χ4v) is 5.95. The van der Waals surface area contributed by atoms with Gasteiger partial charge in [0.25, 0.3) is 0 Å². The normalized spacial score (nSPS) is 20.2. The number of fused-ring (bicyclic) bond motifs is 1. The van der Waals surface area contributed by atoms with E-state index in [1.54, 1.807) is 7.11 Å². The molecule has 39 heavy (non-hydrogen) atoms. The van der Waals surface area contributed by atoms with E-state index in [4.69, 9.17) is 9.47 Å². The number of methoxy groups -OCH3 is 1. The maximum absolute atomic E-state index is 13.4. The summed E-state index contributed by atoms with van der Waals surface area (Å²) >= 11 is 0. The molecule has 3 amide bonds. The second-order valence-corrected chi connectivity index (χ2v) is 10.6. The van der Waals surface area contributed by atoms with E-state index in [0.29, 0.717) is 51.9 Å². The number of carbonyl (C=O) groups excluding carboxylic acids is 2. The Morgan fingerprint density at radius 3 is 2.56 bits per heavy atom. The van der Waals surface area contributed by atoms with Crippen molar-refractivity contribution in [3.63, 3.8) is 0 Å². The highest BCUT2D eigenvalue weighted by Gasteiger charge is 2.43. The van der Waals surface area contributed by atoms with Gasteiger partial charge in [-0.25, -0.2) is 4.79 Å². The van der Waals surface area contributed by atoms with Crippen molar-refractivity contribution in [2.45, 2.75) is 31.8 Å². The number of amides is 3. The van der Waals surface area contributed by atoms with Crippen LogP contribution in [-0.2, 0) is 29.0 Å². The fraction of sp³-hybridized carbons (Fsp3) is 0.375. The first-order valence-corrected chi connectivity index (χ1v) is 13.8.